The molecular formula is C32H39FO2. The highest BCUT2D eigenvalue weighted by Gasteiger charge is 2.10. The summed E-state index contributed by atoms with van der Waals surface area (Å²) in [5.41, 5.74) is 4.20. The molecule has 35 heavy (non-hydrogen) atoms. The molecule has 0 atom stereocenters. The van der Waals surface area contributed by atoms with E-state index in [9.17, 15) is 9.18 Å². The van der Waals surface area contributed by atoms with Gasteiger partial charge < -0.3 is 4.74 Å². The Morgan fingerprint density at radius 1 is 0.686 bits per heavy atom. The molecule has 0 bridgehead atoms. The number of carbonyl (C=O) groups is 1. The first-order valence-electron chi connectivity index (χ1n) is 13.3. The molecular weight excluding hydrogens is 435 g/mol. The summed E-state index contributed by atoms with van der Waals surface area (Å²) in [6.07, 6.45) is 12.6. The van der Waals surface area contributed by atoms with E-state index >= 15 is 0 Å². The summed E-state index contributed by atoms with van der Waals surface area (Å²) in [4.78, 5) is 12.6. The number of halogens is 1. The molecule has 0 aliphatic carbocycles. The van der Waals surface area contributed by atoms with Crippen molar-refractivity contribution in [3.05, 3.63) is 89.2 Å². The van der Waals surface area contributed by atoms with Gasteiger partial charge in [0.1, 0.15) is 11.6 Å². The van der Waals surface area contributed by atoms with Crippen molar-refractivity contribution in [1.29, 1.82) is 0 Å². The first-order chi connectivity index (χ1) is 17.1. The summed E-state index contributed by atoms with van der Waals surface area (Å²) in [7, 11) is 0. The number of hydrogen-bond acceptors (Lipinski definition) is 2. The molecule has 0 saturated heterocycles. The lowest BCUT2D eigenvalue weighted by Crippen LogP contribution is -2.08. The third kappa shape index (κ3) is 8.65. The van der Waals surface area contributed by atoms with Crippen LogP contribution in [0.4, 0.5) is 4.39 Å². The predicted octanol–water partition coefficient (Wildman–Crippen LogP) is 9.35. The Morgan fingerprint density at radius 2 is 1.29 bits per heavy atom. The smallest absolute Gasteiger partial charge is 0.343 e. The van der Waals surface area contributed by atoms with Crippen LogP contribution in [0.15, 0.2) is 66.7 Å². The number of ether oxygens (including phenoxy) is 1. The molecule has 3 rings (SSSR count). The maximum Gasteiger partial charge on any atom is 0.343 e. The van der Waals surface area contributed by atoms with E-state index in [1.54, 1.807) is 18.2 Å². The Balaban J connectivity index is 1.53. The van der Waals surface area contributed by atoms with Crippen LogP contribution in [-0.4, -0.2) is 5.97 Å². The average Bonchev–Trinajstić information content (AvgIpc) is 2.88. The Bertz CT molecular complexity index is 1040. The molecule has 0 radical (unpaired) electrons. The van der Waals surface area contributed by atoms with Crippen LogP contribution < -0.4 is 4.74 Å². The second kappa shape index (κ2) is 14.5. The summed E-state index contributed by atoms with van der Waals surface area (Å²) >= 11 is 0. The summed E-state index contributed by atoms with van der Waals surface area (Å²) in [5, 5.41) is 0. The lowest BCUT2D eigenvalue weighted by Gasteiger charge is -2.09. The van der Waals surface area contributed by atoms with E-state index in [0.717, 1.165) is 42.4 Å². The molecule has 3 aromatic carbocycles. The zero-order valence-electron chi connectivity index (χ0n) is 21.3. The minimum atomic E-state index is -0.393. The second-order valence-corrected chi connectivity index (χ2v) is 9.39. The summed E-state index contributed by atoms with van der Waals surface area (Å²) in [6.45, 7) is 4.41. The van der Waals surface area contributed by atoms with Crippen LogP contribution in [0.3, 0.4) is 0 Å². The van der Waals surface area contributed by atoms with Crippen LogP contribution in [0.25, 0.3) is 11.1 Å². The van der Waals surface area contributed by atoms with Crippen LogP contribution in [0.2, 0.25) is 0 Å². The lowest BCUT2D eigenvalue weighted by molar-refractivity contribution is 0.0734. The van der Waals surface area contributed by atoms with Gasteiger partial charge in [-0.15, -0.1) is 0 Å². The molecule has 0 saturated carbocycles. The SMILES string of the molecule is CCCCCCCCc1ccc(-c2ccc(C(=O)Oc3ccc(CCCCC)cc3)cc2)cc1F. The molecule has 186 valence electrons. The Morgan fingerprint density at radius 3 is 1.97 bits per heavy atom. The van der Waals surface area contributed by atoms with Crippen molar-refractivity contribution in [3.63, 3.8) is 0 Å². The fourth-order valence-electron chi connectivity index (χ4n) is 4.29. The number of esters is 1. The Labute approximate surface area is 210 Å². The fraction of sp³-hybridized carbons (Fsp3) is 0.406. The van der Waals surface area contributed by atoms with Crippen molar-refractivity contribution in [3.8, 4) is 16.9 Å². The first kappa shape index (κ1) is 26.7. The molecule has 0 aromatic heterocycles. The van der Waals surface area contributed by atoms with Gasteiger partial charge in [0.15, 0.2) is 0 Å². The molecule has 0 amide bonds. The molecule has 2 nitrogen and oxygen atoms in total. The largest absolute Gasteiger partial charge is 0.423 e. The zero-order valence-corrected chi connectivity index (χ0v) is 21.3. The van der Waals surface area contributed by atoms with Crippen LogP contribution in [0.1, 0.15) is 93.1 Å². The number of rotatable bonds is 14. The minimum absolute atomic E-state index is 0.155. The molecule has 0 aliphatic rings. The zero-order chi connectivity index (χ0) is 24.9. The van der Waals surface area contributed by atoms with Gasteiger partial charge in [0.2, 0.25) is 0 Å². The van der Waals surface area contributed by atoms with E-state index in [2.05, 4.69) is 13.8 Å². The van der Waals surface area contributed by atoms with Gasteiger partial charge >= 0.3 is 5.97 Å². The fourth-order valence-corrected chi connectivity index (χ4v) is 4.29. The maximum atomic E-state index is 14.7. The Hall–Kier alpha value is -2.94. The third-order valence-electron chi connectivity index (χ3n) is 6.51. The molecule has 0 N–H and O–H groups in total. The van der Waals surface area contributed by atoms with E-state index in [0.29, 0.717) is 11.3 Å². The van der Waals surface area contributed by atoms with Gasteiger partial charge in [-0.3, -0.25) is 0 Å². The van der Waals surface area contributed by atoms with Crippen LogP contribution in [0.5, 0.6) is 5.75 Å². The van der Waals surface area contributed by atoms with Crippen LogP contribution >= 0.6 is 0 Å². The summed E-state index contributed by atoms with van der Waals surface area (Å²) in [6, 6.07) is 20.4. The van der Waals surface area contributed by atoms with Crippen molar-refractivity contribution in [2.24, 2.45) is 0 Å². The highest BCUT2D eigenvalue weighted by molar-refractivity contribution is 5.91. The molecule has 0 fully saturated rings. The van der Waals surface area contributed by atoms with Gasteiger partial charge in [0, 0.05) is 0 Å². The molecule has 0 aliphatic heterocycles. The molecule has 3 heteroatoms. The van der Waals surface area contributed by atoms with E-state index < -0.39 is 5.97 Å². The normalized spacial score (nSPS) is 10.9. The molecule has 0 heterocycles. The van der Waals surface area contributed by atoms with E-state index in [1.807, 2.05) is 48.5 Å². The highest BCUT2D eigenvalue weighted by atomic mass is 19.1. The number of carbonyl (C=O) groups excluding carboxylic acids is 1. The first-order valence-corrected chi connectivity index (χ1v) is 13.3. The van der Waals surface area contributed by atoms with Gasteiger partial charge in [0.25, 0.3) is 0 Å². The van der Waals surface area contributed by atoms with Crippen molar-refractivity contribution in [2.75, 3.05) is 0 Å². The lowest BCUT2D eigenvalue weighted by atomic mass is 9.99. The average molecular weight is 475 g/mol. The molecule has 0 unspecified atom stereocenters. The molecule has 0 spiro atoms. The molecule has 3 aromatic rings. The van der Waals surface area contributed by atoms with Crippen molar-refractivity contribution < 1.29 is 13.9 Å². The maximum absolute atomic E-state index is 14.7. The van der Waals surface area contributed by atoms with E-state index in [4.69, 9.17) is 4.74 Å². The third-order valence-corrected chi connectivity index (χ3v) is 6.51. The van der Waals surface area contributed by atoms with Gasteiger partial charge in [0.05, 0.1) is 5.56 Å². The highest BCUT2D eigenvalue weighted by Crippen LogP contribution is 2.24. The topological polar surface area (TPSA) is 26.3 Å². The monoisotopic (exact) mass is 474 g/mol. The van der Waals surface area contributed by atoms with Gasteiger partial charge in [-0.2, -0.15) is 0 Å². The number of hydrogen-bond donors (Lipinski definition) is 0. The quantitative estimate of drug-likeness (QED) is 0.132. The van der Waals surface area contributed by atoms with E-state index in [1.165, 1.54) is 50.5 Å². The van der Waals surface area contributed by atoms with Crippen molar-refractivity contribution in [2.45, 2.75) is 84.5 Å². The summed E-state index contributed by atoms with van der Waals surface area (Å²) < 4.78 is 20.2. The van der Waals surface area contributed by atoms with E-state index in [-0.39, 0.29) is 5.82 Å². The van der Waals surface area contributed by atoms with Crippen LogP contribution in [-0.2, 0) is 12.8 Å². The number of benzene rings is 3. The van der Waals surface area contributed by atoms with Crippen molar-refractivity contribution >= 4 is 5.97 Å². The number of aryl methyl sites for hydroxylation is 2. The minimum Gasteiger partial charge on any atom is -0.423 e. The summed E-state index contributed by atoms with van der Waals surface area (Å²) in [5.74, 6) is -0.00484. The second-order valence-electron chi connectivity index (χ2n) is 9.39. The predicted molar refractivity (Wildman–Crippen MR) is 144 cm³/mol. The van der Waals surface area contributed by atoms with Crippen molar-refractivity contribution in [1.82, 2.24) is 0 Å². The van der Waals surface area contributed by atoms with Gasteiger partial charge in [-0.05, 0) is 78.3 Å². The van der Waals surface area contributed by atoms with Gasteiger partial charge in [-0.25, -0.2) is 9.18 Å². The standard InChI is InChI=1S/C32H39FO2/c1-3-5-7-8-9-11-13-27-18-21-29(24-31(27)33)26-16-19-28(20-17-26)32(34)35-30-22-14-25(15-23-30)12-10-6-4-2/h14-24H,3-13H2,1-2H3. The van der Waals surface area contributed by atoms with Crippen LogP contribution in [0, 0.1) is 5.82 Å². The van der Waals surface area contributed by atoms with Gasteiger partial charge in [-0.1, -0.05) is 95.2 Å². The Kier molecular flexibility index (Phi) is 11.0. The number of unbranched alkanes of at least 4 members (excludes halogenated alkanes) is 7.